The Morgan fingerprint density at radius 2 is 1.50 bits per heavy atom. The number of unbranched alkanes of at least 4 members (excludes halogenated alkanes) is 3. The van der Waals surface area contributed by atoms with Gasteiger partial charge in [-0.1, -0.05) is 169 Å². The second kappa shape index (κ2) is 19.6. The standard InChI is InChI=1S/C32H42.C6H14.3C2H6/c1-6-10-24-12-13-25(21-23(24)7-2)28-14-15-29-31(4)20-19-30(3)17-9-8-11-26(30)22-27(31)16-18-32(28,29)5;1-3-5-6-4-2;3*1-2/h6-7,10,12-13,16,21-22,28-29H,2,8-9,11,14-15,17-20H2,1,3-5H3;3-6H2,1-2H3;3*1-2H3/b10-6-;;;;. The van der Waals surface area contributed by atoms with E-state index in [1.165, 1.54) is 100 Å². The molecule has 250 valence electrons. The fourth-order valence-corrected chi connectivity index (χ4v) is 8.79. The molecule has 5 atom stereocenters. The number of fused-ring (bicyclic) bond motifs is 4. The van der Waals surface area contributed by atoms with Crippen molar-refractivity contribution in [1.29, 1.82) is 0 Å². The van der Waals surface area contributed by atoms with Gasteiger partial charge >= 0.3 is 0 Å². The van der Waals surface area contributed by atoms with Gasteiger partial charge in [-0.3, -0.25) is 0 Å². The SMILES string of the molecule is C=Cc1cc(C2CCC3C4(C)CCC5(C)CCCCC5=CC4=CCC23C)ccc1/C=C\C.CC.CC.CC.CCCCCC. The third-order valence-electron chi connectivity index (χ3n) is 11.3. The average Bonchev–Trinajstić information content (AvgIpc) is 3.37. The van der Waals surface area contributed by atoms with Gasteiger partial charge in [0.1, 0.15) is 0 Å². The van der Waals surface area contributed by atoms with Crippen molar-refractivity contribution in [3.63, 3.8) is 0 Å². The zero-order valence-corrected chi connectivity index (χ0v) is 31.7. The molecular formula is C44H74. The molecule has 2 fully saturated rings. The van der Waals surface area contributed by atoms with E-state index in [4.69, 9.17) is 0 Å². The summed E-state index contributed by atoms with van der Waals surface area (Å²) >= 11 is 0. The zero-order valence-electron chi connectivity index (χ0n) is 31.7. The summed E-state index contributed by atoms with van der Waals surface area (Å²) in [6, 6.07) is 7.16. The fourth-order valence-electron chi connectivity index (χ4n) is 8.79. The molecule has 4 aliphatic rings. The van der Waals surface area contributed by atoms with Gasteiger partial charge in [-0.15, -0.1) is 0 Å². The Kier molecular flexibility index (Phi) is 17.9. The van der Waals surface area contributed by atoms with Gasteiger partial charge in [0.25, 0.3) is 0 Å². The van der Waals surface area contributed by atoms with E-state index in [1.54, 1.807) is 11.1 Å². The number of hydrogen-bond donors (Lipinski definition) is 0. The van der Waals surface area contributed by atoms with Crippen molar-refractivity contribution in [2.45, 2.75) is 172 Å². The maximum Gasteiger partial charge on any atom is -0.00444 e. The van der Waals surface area contributed by atoms with Gasteiger partial charge in [0.05, 0.1) is 0 Å². The third-order valence-corrected chi connectivity index (χ3v) is 11.3. The van der Waals surface area contributed by atoms with E-state index >= 15 is 0 Å². The van der Waals surface area contributed by atoms with Crippen LogP contribution < -0.4 is 0 Å². The molecule has 0 heterocycles. The highest BCUT2D eigenvalue weighted by Gasteiger charge is 2.57. The third kappa shape index (κ3) is 8.91. The van der Waals surface area contributed by atoms with Gasteiger partial charge < -0.3 is 0 Å². The Hall–Kier alpha value is -1.82. The number of hydrogen-bond acceptors (Lipinski definition) is 0. The molecule has 44 heavy (non-hydrogen) atoms. The Morgan fingerprint density at radius 1 is 0.841 bits per heavy atom. The van der Waals surface area contributed by atoms with Crippen LogP contribution in [0.25, 0.3) is 12.2 Å². The molecule has 5 unspecified atom stereocenters. The summed E-state index contributed by atoms with van der Waals surface area (Å²) < 4.78 is 0. The summed E-state index contributed by atoms with van der Waals surface area (Å²) in [5.41, 5.74) is 8.71. The Balaban J connectivity index is 0.000000705. The topological polar surface area (TPSA) is 0 Å². The van der Waals surface area contributed by atoms with Crippen molar-refractivity contribution in [3.05, 3.63) is 70.8 Å². The average molecular weight is 603 g/mol. The number of benzene rings is 1. The van der Waals surface area contributed by atoms with Crippen LogP contribution in [0, 0.1) is 22.2 Å². The minimum absolute atomic E-state index is 0.335. The van der Waals surface area contributed by atoms with Crippen LogP contribution in [0.2, 0.25) is 0 Å². The molecule has 0 heteroatoms. The minimum Gasteiger partial charge on any atom is -0.0984 e. The highest BCUT2D eigenvalue weighted by Crippen LogP contribution is 2.67. The number of allylic oxidation sites excluding steroid dienone is 5. The minimum atomic E-state index is 0.335. The van der Waals surface area contributed by atoms with Crippen LogP contribution in [-0.4, -0.2) is 0 Å². The van der Waals surface area contributed by atoms with E-state index in [0.717, 1.165) is 5.92 Å². The molecule has 0 nitrogen and oxygen atoms in total. The van der Waals surface area contributed by atoms with Crippen molar-refractivity contribution < 1.29 is 0 Å². The first-order valence-electron chi connectivity index (χ1n) is 19.1. The zero-order chi connectivity index (χ0) is 33.4. The van der Waals surface area contributed by atoms with Crippen LogP contribution in [0.4, 0.5) is 0 Å². The van der Waals surface area contributed by atoms with Crippen molar-refractivity contribution in [2.75, 3.05) is 0 Å². The van der Waals surface area contributed by atoms with Gasteiger partial charge in [-0.25, -0.2) is 0 Å². The molecule has 0 radical (unpaired) electrons. The van der Waals surface area contributed by atoms with Crippen molar-refractivity contribution in [3.8, 4) is 0 Å². The molecular weight excluding hydrogens is 528 g/mol. The molecule has 0 aliphatic heterocycles. The van der Waals surface area contributed by atoms with Gasteiger partial charge in [-0.2, -0.15) is 0 Å². The Bertz CT molecular complexity index is 1060. The van der Waals surface area contributed by atoms with Crippen molar-refractivity contribution in [1.82, 2.24) is 0 Å². The molecule has 1 aromatic rings. The lowest BCUT2D eigenvalue weighted by atomic mass is 9.53. The smallest absolute Gasteiger partial charge is 0.00444 e. The second-order valence-electron chi connectivity index (χ2n) is 13.7. The maximum absolute atomic E-state index is 4.11. The van der Waals surface area contributed by atoms with E-state index in [1.807, 2.05) is 47.6 Å². The predicted octanol–water partition coefficient (Wildman–Crippen LogP) is 15.2. The van der Waals surface area contributed by atoms with Crippen LogP contribution in [0.15, 0.2) is 54.2 Å². The summed E-state index contributed by atoms with van der Waals surface area (Å²) in [6.45, 7) is 30.5. The molecule has 5 rings (SSSR count). The van der Waals surface area contributed by atoms with Crippen LogP contribution in [-0.2, 0) is 0 Å². The molecule has 0 amide bonds. The molecule has 1 aromatic carbocycles. The van der Waals surface area contributed by atoms with E-state index in [2.05, 4.69) is 90.6 Å². The molecule has 4 aliphatic carbocycles. The maximum atomic E-state index is 4.11. The molecule has 0 spiro atoms. The molecule has 0 bridgehead atoms. The van der Waals surface area contributed by atoms with Crippen molar-refractivity contribution >= 4 is 12.2 Å². The summed E-state index contributed by atoms with van der Waals surface area (Å²) in [5.74, 6) is 1.43. The quantitative estimate of drug-likeness (QED) is 0.284. The largest absolute Gasteiger partial charge is 0.0984 e. The van der Waals surface area contributed by atoms with E-state index in [0.29, 0.717) is 22.2 Å². The van der Waals surface area contributed by atoms with E-state index < -0.39 is 0 Å². The van der Waals surface area contributed by atoms with Crippen molar-refractivity contribution in [2.24, 2.45) is 22.2 Å². The molecule has 0 saturated heterocycles. The summed E-state index contributed by atoms with van der Waals surface area (Å²) in [4.78, 5) is 0. The number of rotatable bonds is 6. The molecule has 2 saturated carbocycles. The van der Waals surface area contributed by atoms with Gasteiger partial charge in [-0.05, 0) is 109 Å². The molecule has 0 N–H and O–H groups in total. The van der Waals surface area contributed by atoms with Crippen LogP contribution in [0.1, 0.15) is 189 Å². The summed E-state index contributed by atoms with van der Waals surface area (Å²) in [5, 5.41) is 0. The predicted molar refractivity (Wildman–Crippen MR) is 203 cm³/mol. The van der Waals surface area contributed by atoms with Gasteiger partial charge in [0, 0.05) is 0 Å². The Morgan fingerprint density at radius 3 is 2.09 bits per heavy atom. The highest BCUT2D eigenvalue weighted by atomic mass is 14.6. The first-order valence-corrected chi connectivity index (χ1v) is 19.1. The van der Waals surface area contributed by atoms with E-state index in [9.17, 15) is 0 Å². The van der Waals surface area contributed by atoms with E-state index in [-0.39, 0.29) is 0 Å². The molecule has 0 aromatic heterocycles. The first kappa shape index (κ1) is 40.2. The summed E-state index contributed by atoms with van der Waals surface area (Å²) in [6.07, 6.45) is 29.5. The second-order valence-corrected chi connectivity index (χ2v) is 13.7. The summed E-state index contributed by atoms with van der Waals surface area (Å²) in [7, 11) is 0. The highest BCUT2D eigenvalue weighted by molar-refractivity contribution is 5.65. The first-order chi connectivity index (χ1) is 21.3. The van der Waals surface area contributed by atoms with Crippen LogP contribution in [0.3, 0.4) is 0 Å². The normalized spacial score (nSPS) is 29.9. The van der Waals surface area contributed by atoms with Crippen LogP contribution in [0.5, 0.6) is 0 Å². The van der Waals surface area contributed by atoms with Gasteiger partial charge in [0.2, 0.25) is 0 Å². The Labute approximate surface area is 277 Å². The fraction of sp³-hybridized carbons (Fsp3) is 0.682. The lowest BCUT2D eigenvalue weighted by Crippen LogP contribution is -2.42. The lowest BCUT2D eigenvalue weighted by Gasteiger charge is -2.51. The van der Waals surface area contributed by atoms with Gasteiger partial charge in [0.15, 0.2) is 0 Å². The monoisotopic (exact) mass is 603 g/mol. The lowest BCUT2D eigenvalue weighted by molar-refractivity contribution is 0.0655. The van der Waals surface area contributed by atoms with Crippen LogP contribution >= 0.6 is 0 Å².